The lowest BCUT2D eigenvalue weighted by Gasteiger charge is -2.29. The maximum atomic E-state index is 5.54. The number of hydrogen-bond donors (Lipinski definition) is 0. The smallest absolute Gasteiger partial charge is 0.156 e. The van der Waals surface area contributed by atoms with Gasteiger partial charge in [-0.15, -0.1) is 0 Å². The van der Waals surface area contributed by atoms with Crippen molar-refractivity contribution in [2.45, 2.75) is 31.2 Å². The van der Waals surface area contributed by atoms with Gasteiger partial charge in [0.05, 0.1) is 34.3 Å². The van der Waals surface area contributed by atoms with E-state index >= 15 is 0 Å². The summed E-state index contributed by atoms with van der Waals surface area (Å²) in [6.45, 7) is 4.72. The fraction of sp³-hybridized carbons (Fsp3) is 0.0909. The van der Waals surface area contributed by atoms with Crippen molar-refractivity contribution in [3.63, 3.8) is 0 Å². The molecule has 0 saturated carbocycles. The van der Waals surface area contributed by atoms with E-state index in [2.05, 4.69) is 199 Å². The Morgan fingerprint density at radius 2 is 1.25 bits per heavy atom. The zero-order valence-corrected chi connectivity index (χ0v) is 32.8. The Kier molecular flexibility index (Phi) is 6.59. The van der Waals surface area contributed by atoms with Crippen LogP contribution in [0.1, 0.15) is 42.0 Å². The molecule has 10 aromatic rings. The molecular formula is C55H38N4. The number of nitrogens with zero attached hydrogens (tertiary/aromatic N) is 4. The van der Waals surface area contributed by atoms with Gasteiger partial charge in [-0.2, -0.15) is 0 Å². The Balaban J connectivity index is 1.04. The Morgan fingerprint density at radius 3 is 2.08 bits per heavy atom. The normalized spacial score (nSPS) is 17.5. The number of hydrogen-bond acceptors (Lipinski definition) is 3. The number of anilines is 2. The lowest BCUT2D eigenvalue weighted by Crippen LogP contribution is -2.28. The van der Waals surface area contributed by atoms with Crippen LogP contribution in [0, 0.1) is 0 Å². The van der Waals surface area contributed by atoms with Crippen LogP contribution in [0.3, 0.4) is 0 Å². The molecule has 2 aromatic heterocycles. The van der Waals surface area contributed by atoms with Gasteiger partial charge in [-0.3, -0.25) is 9.55 Å². The molecule has 4 nitrogen and oxygen atoms in total. The van der Waals surface area contributed by atoms with Gasteiger partial charge in [0.1, 0.15) is 0 Å². The van der Waals surface area contributed by atoms with Crippen LogP contribution in [0.2, 0.25) is 0 Å². The number of allylic oxidation sites excluding steroid dienone is 2. The summed E-state index contributed by atoms with van der Waals surface area (Å²) in [6, 6.07) is 57.9. The van der Waals surface area contributed by atoms with Crippen molar-refractivity contribution in [1.82, 2.24) is 14.5 Å². The molecule has 0 radical (unpaired) electrons. The van der Waals surface area contributed by atoms with Crippen LogP contribution in [0.15, 0.2) is 182 Å². The van der Waals surface area contributed by atoms with Crippen LogP contribution < -0.4 is 4.90 Å². The molecule has 2 aliphatic carbocycles. The Morgan fingerprint density at radius 1 is 0.559 bits per heavy atom. The maximum Gasteiger partial charge on any atom is 0.156 e. The van der Waals surface area contributed by atoms with Gasteiger partial charge in [-0.1, -0.05) is 147 Å². The van der Waals surface area contributed by atoms with Gasteiger partial charge >= 0.3 is 0 Å². The van der Waals surface area contributed by atoms with Crippen LogP contribution in [0.25, 0.3) is 76.9 Å². The van der Waals surface area contributed by atoms with E-state index in [0.717, 1.165) is 38.7 Å². The summed E-state index contributed by atoms with van der Waals surface area (Å²) in [5.41, 5.74) is 15.7. The predicted octanol–water partition coefficient (Wildman–Crippen LogP) is 13.6. The van der Waals surface area contributed by atoms with Crippen LogP contribution in [-0.4, -0.2) is 20.6 Å². The highest BCUT2D eigenvalue weighted by Crippen LogP contribution is 2.52. The van der Waals surface area contributed by atoms with Crippen molar-refractivity contribution in [3.8, 4) is 16.9 Å². The van der Waals surface area contributed by atoms with Crippen molar-refractivity contribution in [1.29, 1.82) is 0 Å². The van der Waals surface area contributed by atoms with Crippen molar-refractivity contribution in [3.05, 3.63) is 204 Å². The van der Waals surface area contributed by atoms with Gasteiger partial charge in [0, 0.05) is 44.3 Å². The third-order valence-electron chi connectivity index (χ3n) is 13.5. The third-order valence-corrected chi connectivity index (χ3v) is 13.5. The number of fused-ring (bicyclic) bond motifs is 15. The van der Waals surface area contributed by atoms with Gasteiger partial charge in [0.2, 0.25) is 0 Å². The van der Waals surface area contributed by atoms with E-state index in [4.69, 9.17) is 9.97 Å². The van der Waals surface area contributed by atoms with Crippen molar-refractivity contribution < 1.29 is 0 Å². The monoisotopic (exact) mass is 754 g/mol. The molecule has 0 bridgehead atoms. The molecule has 0 fully saturated rings. The van der Waals surface area contributed by atoms with E-state index in [-0.39, 0.29) is 17.4 Å². The highest BCUT2D eigenvalue weighted by molar-refractivity contribution is 6.23. The SMILES string of the molecule is CC1(C)c2ccccc2-c2cc3c4cc(C5=CC6c7ccccc7N(c7ccccc7)C6C=C5)ccc4n(-c4cnc5c6ccccc6c6ccccc6c5n4)c3cc21. The first-order valence-corrected chi connectivity index (χ1v) is 20.7. The number of rotatable bonds is 3. The minimum absolute atomic E-state index is 0.143. The van der Waals surface area contributed by atoms with Crippen molar-refractivity contribution >= 4 is 71.3 Å². The lowest BCUT2D eigenvalue weighted by atomic mass is 9.82. The minimum atomic E-state index is -0.143. The van der Waals surface area contributed by atoms with Crippen LogP contribution in [0.4, 0.5) is 11.4 Å². The van der Waals surface area contributed by atoms with E-state index in [0.29, 0.717) is 0 Å². The molecule has 13 rings (SSSR count). The molecule has 3 heterocycles. The fourth-order valence-corrected chi connectivity index (χ4v) is 10.8. The molecule has 8 aromatic carbocycles. The van der Waals surface area contributed by atoms with Gasteiger partial charge in [0.15, 0.2) is 5.82 Å². The first-order valence-electron chi connectivity index (χ1n) is 20.7. The number of aromatic nitrogens is 3. The van der Waals surface area contributed by atoms with Crippen LogP contribution in [0.5, 0.6) is 0 Å². The highest BCUT2D eigenvalue weighted by Gasteiger charge is 2.39. The van der Waals surface area contributed by atoms with E-state index in [1.807, 2.05) is 6.20 Å². The number of para-hydroxylation sites is 2. The van der Waals surface area contributed by atoms with Crippen LogP contribution in [-0.2, 0) is 5.41 Å². The summed E-state index contributed by atoms with van der Waals surface area (Å²) in [7, 11) is 0. The fourth-order valence-electron chi connectivity index (χ4n) is 10.8. The average Bonchev–Trinajstić information content (AvgIpc) is 3.88. The first-order chi connectivity index (χ1) is 29.0. The Bertz CT molecular complexity index is 3460. The quantitative estimate of drug-likeness (QED) is 0.168. The molecule has 3 aliphatic rings. The molecule has 278 valence electrons. The second-order valence-corrected chi connectivity index (χ2v) is 16.9. The molecular weight excluding hydrogens is 717 g/mol. The lowest BCUT2D eigenvalue weighted by molar-refractivity contribution is 0.661. The topological polar surface area (TPSA) is 34.0 Å². The Hall–Kier alpha value is -7.30. The second kappa shape index (κ2) is 11.9. The molecule has 1 aliphatic heterocycles. The van der Waals surface area contributed by atoms with Crippen molar-refractivity contribution in [2.75, 3.05) is 4.90 Å². The largest absolute Gasteiger partial charge is 0.333 e. The van der Waals surface area contributed by atoms with E-state index in [9.17, 15) is 0 Å². The van der Waals surface area contributed by atoms with Gasteiger partial charge in [-0.25, -0.2) is 4.98 Å². The van der Waals surface area contributed by atoms with Gasteiger partial charge < -0.3 is 4.90 Å². The summed E-state index contributed by atoms with van der Waals surface area (Å²) in [4.78, 5) is 13.3. The molecule has 0 N–H and O–H groups in total. The molecule has 2 unspecified atom stereocenters. The van der Waals surface area contributed by atoms with E-state index < -0.39 is 0 Å². The summed E-state index contributed by atoms with van der Waals surface area (Å²) < 4.78 is 2.36. The van der Waals surface area contributed by atoms with Gasteiger partial charge in [-0.05, 0) is 92.2 Å². The highest BCUT2D eigenvalue weighted by atomic mass is 15.2. The summed E-state index contributed by atoms with van der Waals surface area (Å²) >= 11 is 0. The predicted molar refractivity (Wildman–Crippen MR) is 245 cm³/mol. The van der Waals surface area contributed by atoms with E-state index in [1.54, 1.807) is 0 Å². The molecule has 4 heteroatoms. The molecule has 0 spiro atoms. The number of benzene rings is 8. The van der Waals surface area contributed by atoms with E-state index in [1.165, 1.54) is 71.9 Å². The zero-order valence-electron chi connectivity index (χ0n) is 32.8. The molecule has 0 amide bonds. The first kappa shape index (κ1) is 32.8. The maximum absolute atomic E-state index is 5.54. The van der Waals surface area contributed by atoms with Crippen LogP contribution >= 0.6 is 0 Å². The minimum Gasteiger partial charge on any atom is -0.333 e. The van der Waals surface area contributed by atoms with Crippen molar-refractivity contribution in [2.24, 2.45) is 0 Å². The average molecular weight is 755 g/mol. The molecule has 59 heavy (non-hydrogen) atoms. The standard InChI is InChI=1S/C55H38N4/c1-55(2)46-22-12-10-18-38(46)42-30-45-44-29-34(33-24-26-49-43(28-33)39-19-11-13-23-48(39)58(49)35-14-4-3-5-15-35)25-27-50(44)59(51(45)31-47(42)55)52-32-56-53-40-20-8-6-16-36(40)37-17-7-9-21-41(37)54(53)57-52/h3-32,43,49H,1-2H3. The molecule has 2 atom stereocenters. The van der Waals surface area contributed by atoms with Gasteiger partial charge in [0.25, 0.3) is 0 Å². The zero-order chi connectivity index (χ0) is 39.0. The molecule has 0 saturated heterocycles. The third kappa shape index (κ3) is 4.49. The second-order valence-electron chi connectivity index (χ2n) is 16.9. The summed E-state index contributed by atoms with van der Waals surface area (Å²) in [5, 5.41) is 7.06. The summed E-state index contributed by atoms with van der Waals surface area (Å²) in [5.74, 6) is 1.06. The summed E-state index contributed by atoms with van der Waals surface area (Å²) in [6.07, 6.45) is 9.22. The Labute approximate surface area is 342 Å².